The zero-order valence-corrected chi connectivity index (χ0v) is 19.5. The van der Waals surface area contributed by atoms with Crippen LogP contribution in [0.25, 0.3) is 0 Å². The van der Waals surface area contributed by atoms with Gasteiger partial charge in [0.1, 0.15) is 11.7 Å². The van der Waals surface area contributed by atoms with Crippen LogP contribution in [0.3, 0.4) is 0 Å². The van der Waals surface area contributed by atoms with Crippen LogP contribution in [0.15, 0.2) is 42.7 Å². The van der Waals surface area contributed by atoms with Gasteiger partial charge >= 0.3 is 6.09 Å². The van der Waals surface area contributed by atoms with Crippen molar-refractivity contribution in [2.45, 2.75) is 52.4 Å². The van der Waals surface area contributed by atoms with Crippen LogP contribution < -0.4 is 15.4 Å². The van der Waals surface area contributed by atoms with Crippen molar-refractivity contribution in [3.05, 3.63) is 53.9 Å². The van der Waals surface area contributed by atoms with Gasteiger partial charge in [-0.1, -0.05) is 6.07 Å². The zero-order valence-electron chi connectivity index (χ0n) is 19.5. The van der Waals surface area contributed by atoms with Crippen LogP contribution in [0.5, 0.6) is 5.75 Å². The van der Waals surface area contributed by atoms with E-state index >= 15 is 0 Å². The van der Waals surface area contributed by atoms with E-state index in [0.29, 0.717) is 16.8 Å². The molecule has 0 unspecified atom stereocenters. The third kappa shape index (κ3) is 6.21. The molecule has 2 aromatic rings. The molecular formula is C24H30N4O5. The summed E-state index contributed by atoms with van der Waals surface area (Å²) < 4.78 is 11.5. The van der Waals surface area contributed by atoms with E-state index in [0.717, 1.165) is 0 Å². The van der Waals surface area contributed by atoms with Crippen LogP contribution in [0.1, 0.15) is 55.3 Å². The maximum absolute atomic E-state index is 13.3. The third-order valence-electron chi connectivity index (χ3n) is 4.88. The predicted octanol–water partition coefficient (Wildman–Crippen LogP) is 3.47. The van der Waals surface area contributed by atoms with Crippen molar-refractivity contribution < 1.29 is 23.9 Å². The number of carbonyl (C=O) groups excluding carboxylic acids is 3. The summed E-state index contributed by atoms with van der Waals surface area (Å²) in [6, 6.07) is 8.13. The molecule has 176 valence electrons. The summed E-state index contributed by atoms with van der Waals surface area (Å²) in [6.45, 7) is 9.55. The number of nitrogens with one attached hydrogen (secondary N) is 2. The van der Waals surface area contributed by atoms with Gasteiger partial charge in [0, 0.05) is 24.0 Å². The molecule has 1 atom stereocenters. The average molecular weight is 455 g/mol. The van der Waals surface area contributed by atoms with E-state index in [1.165, 1.54) is 12.4 Å². The number of benzene rings is 1. The molecule has 1 aromatic carbocycles. The van der Waals surface area contributed by atoms with Crippen molar-refractivity contribution in [2.75, 3.05) is 18.4 Å². The van der Waals surface area contributed by atoms with E-state index < -0.39 is 17.8 Å². The lowest BCUT2D eigenvalue weighted by Crippen LogP contribution is -2.46. The van der Waals surface area contributed by atoms with Crippen LogP contribution >= 0.6 is 0 Å². The van der Waals surface area contributed by atoms with Gasteiger partial charge in [0.25, 0.3) is 11.8 Å². The molecule has 0 aliphatic carbocycles. The lowest BCUT2D eigenvalue weighted by molar-refractivity contribution is 0.0481. The molecule has 1 aliphatic heterocycles. The molecular weight excluding hydrogens is 424 g/mol. The molecule has 33 heavy (non-hydrogen) atoms. The van der Waals surface area contributed by atoms with E-state index in [1.54, 1.807) is 56.0 Å². The zero-order chi connectivity index (χ0) is 24.2. The molecule has 0 bridgehead atoms. The predicted molar refractivity (Wildman–Crippen MR) is 123 cm³/mol. The molecule has 0 saturated heterocycles. The Balaban J connectivity index is 1.87. The molecule has 3 rings (SSSR count). The standard InChI is InChI=1S/C24H30N4O5/c1-15(2)28-14-17(13-26-23(31)33-24(3,4)5)32-20-18(22(28)30)7-6-8-19(20)27-21(29)16-9-11-25-12-10-16/h6-12,15,17H,13-14H2,1-5H3,(H,26,31)(H,27,29)/t17-/m0/s1. The fourth-order valence-electron chi connectivity index (χ4n) is 3.35. The molecule has 0 saturated carbocycles. The fraction of sp³-hybridized carbons (Fsp3) is 0.417. The highest BCUT2D eigenvalue weighted by atomic mass is 16.6. The van der Waals surface area contributed by atoms with Gasteiger partial charge in [0.2, 0.25) is 0 Å². The van der Waals surface area contributed by atoms with Crippen LogP contribution in [0.2, 0.25) is 0 Å². The van der Waals surface area contributed by atoms with Gasteiger partial charge in [0.15, 0.2) is 5.75 Å². The highest BCUT2D eigenvalue weighted by molar-refractivity contribution is 6.07. The number of amides is 3. The van der Waals surface area contributed by atoms with Gasteiger partial charge in [-0.2, -0.15) is 0 Å². The van der Waals surface area contributed by atoms with Crippen LogP contribution in [0, 0.1) is 0 Å². The summed E-state index contributed by atoms with van der Waals surface area (Å²) in [5.74, 6) is -0.293. The molecule has 1 aliphatic rings. The lowest BCUT2D eigenvalue weighted by atomic mass is 10.1. The Morgan fingerprint density at radius 1 is 1.21 bits per heavy atom. The second kappa shape index (κ2) is 9.89. The maximum atomic E-state index is 13.3. The third-order valence-corrected chi connectivity index (χ3v) is 4.88. The monoisotopic (exact) mass is 454 g/mol. The van der Waals surface area contributed by atoms with E-state index in [-0.39, 0.29) is 36.7 Å². The number of ether oxygens (including phenoxy) is 2. The van der Waals surface area contributed by atoms with Crippen molar-refractivity contribution >= 4 is 23.6 Å². The Labute approximate surface area is 193 Å². The topological polar surface area (TPSA) is 110 Å². The van der Waals surface area contributed by atoms with Crippen LogP contribution in [0.4, 0.5) is 10.5 Å². The lowest BCUT2D eigenvalue weighted by Gasteiger charge is -2.28. The number of hydrogen-bond donors (Lipinski definition) is 2. The molecule has 2 heterocycles. The molecule has 0 fully saturated rings. The van der Waals surface area contributed by atoms with Crippen molar-refractivity contribution in [3.8, 4) is 5.75 Å². The van der Waals surface area contributed by atoms with Crippen molar-refractivity contribution in [2.24, 2.45) is 0 Å². The summed E-state index contributed by atoms with van der Waals surface area (Å²) >= 11 is 0. The van der Waals surface area contributed by atoms with E-state index in [2.05, 4.69) is 15.6 Å². The quantitative estimate of drug-likeness (QED) is 0.716. The van der Waals surface area contributed by atoms with Gasteiger partial charge in [-0.05, 0) is 58.9 Å². The van der Waals surface area contributed by atoms with E-state index in [9.17, 15) is 14.4 Å². The first-order chi connectivity index (χ1) is 15.5. The van der Waals surface area contributed by atoms with Gasteiger partial charge in [-0.25, -0.2) is 4.79 Å². The number of fused-ring (bicyclic) bond motifs is 1. The number of pyridine rings is 1. The molecule has 9 heteroatoms. The Kier molecular flexibility index (Phi) is 7.20. The number of rotatable bonds is 5. The SMILES string of the molecule is CC(C)N1C[C@H](CNC(=O)OC(C)(C)C)Oc2c(NC(=O)c3ccncc3)cccc2C1=O. The minimum Gasteiger partial charge on any atom is -0.484 e. The van der Waals surface area contributed by atoms with Gasteiger partial charge in [-0.15, -0.1) is 0 Å². The maximum Gasteiger partial charge on any atom is 0.407 e. The highest BCUT2D eigenvalue weighted by Gasteiger charge is 2.32. The van der Waals surface area contributed by atoms with Crippen molar-refractivity contribution in [3.63, 3.8) is 0 Å². The Morgan fingerprint density at radius 2 is 1.91 bits per heavy atom. The Hall–Kier alpha value is -3.62. The number of aromatic nitrogens is 1. The normalized spacial score (nSPS) is 15.9. The van der Waals surface area contributed by atoms with Crippen molar-refractivity contribution in [1.29, 1.82) is 0 Å². The molecule has 3 amide bonds. The molecule has 0 radical (unpaired) electrons. The number of para-hydroxylation sites is 1. The Morgan fingerprint density at radius 3 is 2.55 bits per heavy atom. The number of carbonyl (C=O) groups is 3. The number of hydrogen-bond acceptors (Lipinski definition) is 6. The summed E-state index contributed by atoms with van der Waals surface area (Å²) in [7, 11) is 0. The minimum absolute atomic E-state index is 0.0915. The molecule has 2 N–H and O–H groups in total. The van der Waals surface area contributed by atoms with Crippen LogP contribution in [-0.4, -0.2) is 58.6 Å². The molecule has 1 aromatic heterocycles. The number of alkyl carbamates (subject to hydrolysis) is 1. The number of anilines is 1. The smallest absolute Gasteiger partial charge is 0.407 e. The molecule has 0 spiro atoms. The first-order valence-corrected chi connectivity index (χ1v) is 10.8. The molecule has 9 nitrogen and oxygen atoms in total. The second-order valence-corrected chi connectivity index (χ2v) is 9.05. The second-order valence-electron chi connectivity index (χ2n) is 9.05. The van der Waals surface area contributed by atoms with Crippen LogP contribution in [-0.2, 0) is 4.74 Å². The summed E-state index contributed by atoms with van der Waals surface area (Å²) in [4.78, 5) is 43.7. The average Bonchev–Trinajstić information content (AvgIpc) is 2.89. The summed E-state index contributed by atoms with van der Waals surface area (Å²) in [5, 5.41) is 5.53. The Bertz CT molecular complexity index is 1020. The minimum atomic E-state index is -0.634. The number of nitrogens with zero attached hydrogens (tertiary/aromatic N) is 2. The van der Waals surface area contributed by atoms with E-state index in [4.69, 9.17) is 9.47 Å². The van der Waals surface area contributed by atoms with Gasteiger partial charge < -0.3 is 25.0 Å². The van der Waals surface area contributed by atoms with Gasteiger partial charge in [-0.3, -0.25) is 14.6 Å². The largest absolute Gasteiger partial charge is 0.484 e. The highest BCUT2D eigenvalue weighted by Crippen LogP contribution is 2.34. The first-order valence-electron chi connectivity index (χ1n) is 10.8. The van der Waals surface area contributed by atoms with E-state index in [1.807, 2.05) is 13.8 Å². The summed E-state index contributed by atoms with van der Waals surface area (Å²) in [6.07, 6.45) is 1.93. The first kappa shape index (κ1) is 24.0. The summed E-state index contributed by atoms with van der Waals surface area (Å²) in [5.41, 5.74) is 0.506. The fourth-order valence-corrected chi connectivity index (χ4v) is 3.35. The van der Waals surface area contributed by atoms with Crippen molar-refractivity contribution in [1.82, 2.24) is 15.2 Å². The van der Waals surface area contributed by atoms with Gasteiger partial charge in [0.05, 0.1) is 24.3 Å².